The SMILES string of the molecule is COC(=O)c1cccc(CN=C(N)NC2CCOc3ccccc32)c1.I. The second-order valence-corrected chi connectivity index (χ2v) is 5.77. The van der Waals surface area contributed by atoms with Crippen LogP contribution in [0.2, 0.25) is 0 Å². The molecule has 1 atom stereocenters. The van der Waals surface area contributed by atoms with E-state index in [9.17, 15) is 4.79 Å². The number of para-hydroxylation sites is 1. The lowest BCUT2D eigenvalue weighted by molar-refractivity contribution is 0.0600. The van der Waals surface area contributed by atoms with Crippen molar-refractivity contribution in [3.63, 3.8) is 0 Å². The second kappa shape index (κ2) is 9.42. The van der Waals surface area contributed by atoms with Gasteiger partial charge in [0.15, 0.2) is 5.96 Å². The molecule has 7 heteroatoms. The van der Waals surface area contributed by atoms with Crippen LogP contribution in [0.1, 0.15) is 33.9 Å². The molecule has 26 heavy (non-hydrogen) atoms. The molecule has 6 nitrogen and oxygen atoms in total. The minimum atomic E-state index is -0.365. The summed E-state index contributed by atoms with van der Waals surface area (Å²) in [5.41, 5.74) is 8.51. The molecular formula is C19H22IN3O3. The Morgan fingerprint density at radius 2 is 2.12 bits per heavy atom. The van der Waals surface area contributed by atoms with Gasteiger partial charge in [-0.15, -0.1) is 24.0 Å². The maximum atomic E-state index is 11.6. The lowest BCUT2D eigenvalue weighted by atomic mass is 10.0. The maximum Gasteiger partial charge on any atom is 0.337 e. The topological polar surface area (TPSA) is 85.9 Å². The molecule has 0 aromatic heterocycles. The predicted octanol–water partition coefficient (Wildman–Crippen LogP) is 3.02. The number of hydrogen-bond acceptors (Lipinski definition) is 4. The number of ether oxygens (including phenoxy) is 2. The van der Waals surface area contributed by atoms with Gasteiger partial charge in [-0.1, -0.05) is 30.3 Å². The summed E-state index contributed by atoms with van der Waals surface area (Å²) in [6.45, 7) is 1.03. The average molecular weight is 467 g/mol. The van der Waals surface area contributed by atoms with Gasteiger partial charge in [0.25, 0.3) is 0 Å². The van der Waals surface area contributed by atoms with Crippen molar-refractivity contribution in [1.29, 1.82) is 0 Å². The Bertz CT molecular complexity index is 795. The molecule has 0 radical (unpaired) electrons. The predicted molar refractivity (Wildman–Crippen MR) is 111 cm³/mol. The van der Waals surface area contributed by atoms with Gasteiger partial charge >= 0.3 is 5.97 Å². The highest BCUT2D eigenvalue weighted by Gasteiger charge is 2.21. The highest BCUT2D eigenvalue weighted by atomic mass is 127. The summed E-state index contributed by atoms with van der Waals surface area (Å²) in [6, 6.07) is 15.2. The Morgan fingerprint density at radius 1 is 1.31 bits per heavy atom. The van der Waals surface area contributed by atoms with E-state index in [2.05, 4.69) is 10.3 Å². The smallest absolute Gasteiger partial charge is 0.337 e. The van der Waals surface area contributed by atoms with E-state index < -0.39 is 0 Å². The van der Waals surface area contributed by atoms with Gasteiger partial charge in [-0.25, -0.2) is 9.79 Å². The van der Waals surface area contributed by atoms with Crippen LogP contribution in [0.25, 0.3) is 0 Å². The summed E-state index contributed by atoms with van der Waals surface area (Å²) in [4.78, 5) is 16.0. The molecule has 0 fully saturated rings. The van der Waals surface area contributed by atoms with Gasteiger partial charge in [0.2, 0.25) is 0 Å². The van der Waals surface area contributed by atoms with E-state index >= 15 is 0 Å². The number of rotatable bonds is 4. The number of esters is 1. The molecule has 138 valence electrons. The molecule has 0 aliphatic carbocycles. The summed E-state index contributed by atoms with van der Waals surface area (Å²) >= 11 is 0. The molecule has 2 aromatic carbocycles. The third kappa shape index (κ3) is 4.87. The van der Waals surface area contributed by atoms with Crippen LogP contribution in [0.3, 0.4) is 0 Å². The number of nitrogens with one attached hydrogen (secondary N) is 1. The average Bonchev–Trinajstić information content (AvgIpc) is 2.66. The van der Waals surface area contributed by atoms with E-state index in [-0.39, 0.29) is 36.0 Å². The quantitative estimate of drug-likeness (QED) is 0.313. The largest absolute Gasteiger partial charge is 0.493 e. The van der Waals surface area contributed by atoms with Crippen LogP contribution in [-0.4, -0.2) is 25.6 Å². The Labute approximate surface area is 169 Å². The van der Waals surface area contributed by atoms with E-state index in [1.165, 1.54) is 7.11 Å². The first-order chi connectivity index (χ1) is 12.2. The van der Waals surface area contributed by atoms with Crippen LogP contribution in [0.5, 0.6) is 5.75 Å². The van der Waals surface area contributed by atoms with Gasteiger partial charge in [0.05, 0.1) is 31.9 Å². The molecule has 2 aromatic rings. The Morgan fingerprint density at radius 3 is 2.92 bits per heavy atom. The molecule has 0 amide bonds. The fraction of sp³-hybridized carbons (Fsp3) is 0.263. The monoisotopic (exact) mass is 467 g/mol. The molecule has 0 saturated heterocycles. The fourth-order valence-corrected chi connectivity index (χ4v) is 2.81. The number of halogens is 1. The number of nitrogens with two attached hydrogens (primary N) is 1. The van der Waals surface area contributed by atoms with E-state index in [1.807, 2.05) is 30.3 Å². The summed E-state index contributed by atoms with van der Waals surface area (Å²) in [6.07, 6.45) is 0.824. The second-order valence-electron chi connectivity index (χ2n) is 5.77. The summed E-state index contributed by atoms with van der Waals surface area (Å²) < 4.78 is 10.4. The first-order valence-corrected chi connectivity index (χ1v) is 8.13. The molecular weight excluding hydrogens is 445 g/mol. The van der Waals surface area contributed by atoms with Crippen molar-refractivity contribution in [2.45, 2.75) is 19.0 Å². The summed E-state index contributed by atoms with van der Waals surface area (Å²) in [7, 11) is 1.36. The van der Waals surface area contributed by atoms with Crippen LogP contribution in [0.15, 0.2) is 53.5 Å². The van der Waals surface area contributed by atoms with Gasteiger partial charge in [-0.3, -0.25) is 0 Å². The van der Waals surface area contributed by atoms with E-state index in [1.54, 1.807) is 18.2 Å². The van der Waals surface area contributed by atoms with Gasteiger partial charge < -0.3 is 20.5 Å². The zero-order valence-electron chi connectivity index (χ0n) is 14.5. The minimum absolute atomic E-state index is 0. The Hall–Kier alpha value is -2.29. The molecule has 0 saturated carbocycles. The van der Waals surface area contributed by atoms with Gasteiger partial charge in [0, 0.05) is 12.0 Å². The van der Waals surface area contributed by atoms with Gasteiger partial charge in [-0.05, 0) is 23.8 Å². The first-order valence-electron chi connectivity index (χ1n) is 8.13. The normalized spacial score (nSPS) is 15.9. The highest BCUT2D eigenvalue weighted by Crippen LogP contribution is 2.31. The van der Waals surface area contributed by atoms with Gasteiger partial charge in [0.1, 0.15) is 5.75 Å². The number of hydrogen-bond donors (Lipinski definition) is 2. The standard InChI is InChI=1S/C19H21N3O3.HI/c1-24-18(23)14-6-4-5-13(11-14)12-21-19(20)22-16-9-10-25-17-8-3-2-7-15(16)17;/h2-8,11,16H,9-10,12H2,1H3,(H3,20,21,22);1H. The van der Waals surface area contributed by atoms with E-state index in [0.29, 0.717) is 24.7 Å². The highest BCUT2D eigenvalue weighted by molar-refractivity contribution is 14.0. The maximum absolute atomic E-state index is 11.6. The van der Waals surface area contributed by atoms with Crippen molar-refractivity contribution < 1.29 is 14.3 Å². The minimum Gasteiger partial charge on any atom is -0.493 e. The third-order valence-electron chi connectivity index (χ3n) is 4.06. The van der Waals surface area contributed by atoms with Crippen molar-refractivity contribution in [2.75, 3.05) is 13.7 Å². The number of guanidine groups is 1. The molecule has 3 rings (SSSR count). The number of methoxy groups -OCH3 is 1. The van der Waals surface area contributed by atoms with Crippen LogP contribution in [-0.2, 0) is 11.3 Å². The van der Waals surface area contributed by atoms with Crippen molar-refractivity contribution >= 4 is 35.9 Å². The van der Waals surface area contributed by atoms with Crippen molar-refractivity contribution in [1.82, 2.24) is 5.32 Å². The summed E-state index contributed by atoms with van der Waals surface area (Å²) in [5.74, 6) is 0.880. The summed E-state index contributed by atoms with van der Waals surface area (Å²) in [5, 5.41) is 3.25. The van der Waals surface area contributed by atoms with E-state index in [0.717, 1.165) is 23.3 Å². The Balaban J connectivity index is 0.00000243. The molecule has 1 unspecified atom stereocenters. The number of benzene rings is 2. The van der Waals surface area contributed by atoms with Crippen molar-refractivity contribution in [2.24, 2.45) is 10.7 Å². The van der Waals surface area contributed by atoms with Gasteiger partial charge in [-0.2, -0.15) is 0 Å². The van der Waals surface area contributed by atoms with Crippen LogP contribution >= 0.6 is 24.0 Å². The molecule has 1 heterocycles. The number of nitrogens with zero attached hydrogens (tertiary/aromatic N) is 1. The molecule has 1 aliphatic heterocycles. The fourth-order valence-electron chi connectivity index (χ4n) is 2.81. The lowest BCUT2D eigenvalue weighted by Crippen LogP contribution is -2.37. The zero-order chi connectivity index (χ0) is 17.6. The number of carbonyl (C=O) groups is 1. The Kier molecular flexibility index (Phi) is 7.26. The lowest BCUT2D eigenvalue weighted by Gasteiger charge is -2.26. The third-order valence-corrected chi connectivity index (χ3v) is 4.06. The molecule has 3 N–H and O–H groups in total. The molecule has 1 aliphatic rings. The number of carbonyl (C=O) groups excluding carboxylic acids is 1. The van der Waals surface area contributed by atoms with Crippen molar-refractivity contribution in [3.8, 4) is 5.75 Å². The van der Waals surface area contributed by atoms with Crippen LogP contribution < -0.4 is 15.8 Å². The van der Waals surface area contributed by atoms with E-state index in [4.69, 9.17) is 15.2 Å². The zero-order valence-corrected chi connectivity index (χ0v) is 16.8. The molecule has 0 bridgehead atoms. The molecule has 0 spiro atoms. The number of fused-ring (bicyclic) bond motifs is 1. The van der Waals surface area contributed by atoms with Crippen LogP contribution in [0.4, 0.5) is 0 Å². The first kappa shape index (κ1) is 20.0. The van der Waals surface area contributed by atoms with Crippen molar-refractivity contribution in [3.05, 3.63) is 65.2 Å². The number of aliphatic imine (C=N–C) groups is 1. The van der Waals surface area contributed by atoms with Crippen LogP contribution in [0, 0.1) is 0 Å².